The zero-order valence-corrected chi connectivity index (χ0v) is 12.2. The Morgan fingerprint density at radius 2 is 2.00 bits per heavy atom. The van der Waals surface area contributed by atoms with Gasteiger partial charge in [-0.3, -0.25) is 0 Å². The molecule has 0 spiro atoms. The lowest BCUT2D eigenvalue weighted by Gasteiger charge is -2.38. The van der Waals surface area contributed by atoms with Gasteiger partial charge in [0, 0.05) is 22.4 Å². The summed E-state index contributed by atoms with van der Waals surface area (Å²) in [5.41, 5.74) is 7.63. The first-order chi connectivity index (χ1) is 8.77. The first-order valence-electron chi connectivity index (χ1n) is 6.69. The van der Waals surface area contributed by atoms with Crippen molar-refractivity contribution in [2.75, 3.05) is 19.9 Å². The molecule has 0 aromatic heterocycles. The highest BCUT2D eigenvalue weighted by atomic mass is 32.2. The Morgan fingerprint density at radius 1 is 1.28 bits per heavy atom. The summed E-state index contributed by atoms with van der Waals surface area (Å²) < 4.78 is 5.60. The van der Waals surface area contributed by atoms with Gasteiger partial charge in [0.15, 0.2) is 0 Å². The van der Waals surface area contributed by atoms with Gasteiger partial charge < -0.3 is 10.5 Å². The van der Waals surface area contributed by atoms with Gasteiger partial charge in [0.25, 0.3) is 0 Å². The van der Waals surface area contributed by atoms with E-state index >= 15 is 0 Å². The van der Waals surface area contributed by atoms with Crippen LogP contribution < -0.4 is 10.5 Å². The molecule has 3 heteroatoms. The van der Waals surface area contributed by atoms with Crippen LogP contribution in [0.15, 0.2) is 23.1 Å². The number of ether oxygens (including phenoxy) is 1. The summed E-state index contributed by atoms with van der Waals surface area (Å²) in [6, 6.07) is 6.33. The first-order valence-corrected chi connectivity index (χ1v) is 7.91. The Kier molecular flexibility index (Phi) is 4.57. The van der Waals surface area contributed by atoms with E-state index in [0.29, 0.717) is 0 Å². The number of nitrogens with two attached hydrogens (primary N) is 1. The summed E-state index contributed by atoms with van der Waals surface area (Å²) in [6.07, 6.45) is 8.41. The molecule has 0 heterocycles. The third-order valence-corrected chi connectivity index (χ3v) is 4.94. The van der Waals surface area contributed by atoms with Gasteiger partial charge in [-0.05, 0) is 31.2 Å². The van der Waals surface area contributed by atoms with E-state index in [2.05, 4.69) is 24.5 Å². The van der Waals surface area contributed by atoms with Gasteiger partial charge in [-0.2, -0.15) is 0 Å². The molecule has 1 aromatic carbocycles. The Hall–Kier alpha value is -0.670. The fourth-order valence-electron chi connectivity index (χ4n) is 3.16. The second kappa shape index (κ2) is 5.98. The summed E-state index contributed by atoms with van der Waals surface area (Å²) in [4.78, 5) is 1.32. The minimum absolute atomic E-state index is 0.128. The quantitative estimate of drug-likeness (QED) is 0.845. The summed E-state index contributed by atoms with van der Waals surface area (Å²) in [5, 5.41) is 0. The highest BCUT2D eigenvalue weighted by Crippen LogP contribution is 2.46. The zero-order valence-electron chi connectivity index (χ0n) is 11.4. The van der Waals surface area contributed by atoms with Gasteiger partial charge >= 0.3 is 0 Å². The van der Waals surface area contributed by atoms with E-state index < -0.39 is 0 Å². The van der Waals surface area contributed by atoms with Gasteiger partial charge in [-0.25, -0.2) is 0 Å². The van der Waals surface area contributed by atoms with Crippen molar-refractivity contribution in [3.8, 4) is 5.75 Å². The second-order valence-corrected chi connectivity index (χ2v) is 5.93. The molecule has 0 atom stereocenters. The topological polar surface area (TPSA) is 35.2 Å². The Morgan fingerprint density at radius 3 is 2.56 bits per heavy atom. The number of hydrogen-bond donors (Lipinski definition) is 1. The number of hydrogen-bond acceptors (Lipinski definition) is 3. The van der Waals surface area contributed by atoms with Crippen molar-refractivity contribution in [3.63, 3.8) is 0 Å². The van der Waals surface area contributed by atoms with E-state index in [1.807, 2.05) is 0 Å². The predicted molar refractivity (Wildman–Crippen MR) is 78.6 cm³/mol. The van der Waals surface area contributed by atoms with Crippen LogP contribution in [0.1, 0.15) is 37.7 Å². The molecule has 0 aliphatic heterocycles. The first kappa shape index (κ1) is 13.8. The number of benzene rings is 1. The molecule has 2 rings (SSSR count). The van der Waals surface area contributed by atoms with Crippen molar-refractivity contribution in [3.05, 3.63) is 23.8 Å². The van der Waals surface area contributed by atoms with Gasteiger partial charge in [0.2, 0.25) is 0 Å². The average Bonchev–Trinajstić information content (AvgIpc) is 2.47. The van der Waals surface area contributed by atoms with Crippen molar-refractivity contribution in [2.45, 2.75) is 42.4 Å². The minimum Gasteiger partial charge on any atom is -0.496 e. The maximum absolute atomic E-state index is 6.15. The van der Waals surface area contributed by atoms with Gasteiger partial charge in [-0.1, -0.05) is 25.3 Å². The Bertz CT molecular complexity index is 377. The molecule has 2 N–H and O–H groups in total. The number of methoxy groups -OCH3 is 1. The fourth-order valence-corrected chi connectivity index (χ4v) is 3.89. The minimum atomic E-state index is 0.128. The van der Waals surface area contributed by atoms with Crippen molar-refractivity contribution < 1.29 is 4.74 Å². The van der Waals surface area contributed by atoms with E-state index in [1.54, 1.807) is 18.9 Å². The van der Waals surface area contributed by atoms with Crippen molar-refractivity contribution in [1.82, 2.24) is 0 Å². The van der Waals surface area contributed by atoms with Crippen molar-refractivity contribution in [1.29, 1.82) is 0 Å². The van der Waals surface area contributed by atoms with E-state index in [0.717, 1.165) is 12.3 Å². The summed E-state index contributed by atoms with van der Waals surface area (Å²) in [6.45, 7) is 0.723. The van der Waals surface area contributed by atoms with Crippen LogP contribution in [-0.4, -0.2) is 19.9 Å². The molecule has 2 nitrogen and oxygen atoms in total. The lowest BCUT2D eigenvalue weighted by atomic mass is 9.69. The molecule has 1 saturated carbocycles. The molecule has 1 aromatic rings. The van der Waals surface area contributed by atoms with E-state index in [-0.39, 0.29) is 5.41 Å². The van der Waals surface area contributed by atoms with Gasteiger partial charge in [0.1, 0.15) is 5.75 Å². The van der Waals surface area contributed by atoms with E-state index in [1.165, 1.54) is 42.6 Å². The van der Waals surface area contributed by atoms with E-state index in [4.69, 9.17) is 10.5 Å². The van der Waals surface area contributed by atoms with Crippen LogP contribution in [0, 0.1) is 0 Å². The SMILES string of the molecule is COc1cccc(SC)c1C1(CN)CCCCC1. The van der Waals surface area contributed by atoms with Crippen LogP contribution in [0.2, 0.25) is 0 Å². The molecule has 1 aliphatic rings. The summed E-state index contributed by atoms with van der Waals surface area (Å²) in [7, 11) is 1.76. The predicted octanol–water partition coefficient (Wildman–Crippen LogP) is 3.58. The molecule has 0 bridgehead atoms. The molecule has 0 amide bonds. The third-order valence-electron chi connectivity index (χ3n) is 4.16. The molecule has 100 valence electrons. The van der Waals surface area contributed by atoms with Crippen LogP contribution >= 0.6 is 11.8 Å². The highest BCUT2D eigenvalue weighted by Gasteiger charge is 2.36. The fraction of sp³-hybridized carbons (Fsp3) is 0.600. The molecule has 1 fully saturated rings. The summed E-state index contributed by atoms with van der Waals surface area (Å²) in [5.74, 6) is 1.01. The van der Waals surface area contributed by atoms with Crippen LogP contribution in [0.3, 0.4) is 0 Å². The molecular formula is C15H23NOS. The van der Waals surface area contributed by atoms with Crippen LogP contribution in [0.5, 0.6) is 5.75 Å². The van der Waals surface area contributed by atoms with Crippen LogP contribution in [-0.2, 0) is 5.41 Å². The lowest BCUT2D eigenvalue weighted by molar-refractivity contribution is 0.283. The highest BCUT2D eigenvalue weighted by molar-refractivity contribution is 7.98. The normalized spacial score (nSPS) is 18.6. The molecule has 0 saturated heterocycles. The molecular weight excluding hydrogens is 242 g/mol. The van der Waals surface area contributed by atoms with Crippen molar-refractivity contribution in [2.24, 2.45) is 5.73 Å². The average molecular weight is 265 g/mol. The van der Waals surface area contributed by atoms with Crippen LogP contribution in [0.4, 0.5) is 0 Å². The second-order valence-electron chi connectivity index (χ2n) is 5.08. The van der Waals surface area contributed by atoms with Gasteiger partial charge in [-0.15, -0.1) is 11.8 Å². The van der Waals surface area contributed by atoms with Gasteiger partial charge in [0.05, 0.1) is 7.11 Å². The maximum Gasteiger partial charge on any atom is 0.123 e. The Balaban J connectivity index is 2.52. The zero-order chi connectivity index (χ0) is 13.0. The monoisotopic (exact) mass is 265 g/mol. The summed E-state index contributed by atoms with van der Waals surface area (Å²) >= 11 is 1.80. The lowest BCUT2D eigenvalue weighted by Crippen LogP contribution is -2.38. The smallest absolute Gasteiger partial charge is 0.123 e. The maximum atomic E-state index is 6.15. The Labute approximate surface area is 114 Å². The number of rotatable bonds is 4. The molecule has 0 radical (unpaired) electrons. The third kappa shape index (κ3) is 2.39. The number of thioether (sulfide) groups is 1. The van der Waals surface area contributed by atoms with Crippen molar-refractivity contribution >= 4 is 11.8 Å². The van der Waals surface area contributed by atoms with E-state index in [9.17, 15) is 0 Å². The standard InChI is InChI=1S/C15H23NOS/c1-17-12-7-6-8-13(18-2)14(12)15(11-16)9-4-3-5-10-15/h6-8H,3-5,9-11,16H2,1-2H3. The van der Waals surface area contributed by atoms with Crippen LogP contribution in [0.25, 0.3) is 0 Å². The molecule has 0 unspecified atom stereocenters. The molecule has 18 heavy (non-hydrogen) atoms. The molecule has 1 aliphatic carbocycles. The largest absolute Gasteiger partial charge is 0.496 e.